The van der Waals surface area contributed by atoms with Crippen molar-refractivity contribution in [3.8, 4) is 0 Å². The van der Waals surface area contributed by atoms with Crippen molar-refractivity contribution < 1.29 is 0 Å². The molecule has 0 saturated heterocycles. The third-order valence-electron chi connectivity index (χ3n) is 1.67. The van der Waals surface area contributed by atoms with Crippen LogP contribution in [0.1, 0.15) is 12.5 Å². The number of rotatable bonds is 3. The van der Waals surface area contributed by atoms with Gasteiger partial charge in [0.25, 0.3) is 0 Å². The largest absolute Gasteiger partial charge is 0.303 e. The van der Waals surface area contributed by atoms with Crippen molar-refractivity contribution in [2.75, 3.05) is 14.1 Å². The highest BCUT2D eigenvalue weighted by atomic mass is 15.4. The molecule has 0 aliphatic rings. The van der Waals surface area contributed by atoms with E-state index in [1.165, 1.54) is 5.56 Å². The van der Waals surface area contributed by atoms with Gasteiger partial charge in [0.1, 0.15) is 0 Å². The van der Waals surface area contributed by atoms with Gasteiger partial charge >= 0.3 is 0 Å². The first-order chi connectivity index (χ1) is 6.18. The maximum atomic E-state index is 4.32. The van der Waals surface area contributed by atoms with Gasteiger partial charge in [0.05, 0.1) is 0 Å². The summed E-state index contributed by atoms with van der Waals surface area (Å²) < 4.78 is 0. The number of hydrogen-bond donors (Lipinski definition) is 0. The molecule has 0 fully saturated rings. The zero-order valence-electron chi connectivity index (χ0n) is 8.49. The van der Waals surface area contributed by atoms with Gasteiger partial charge in [-0.15, -0.1) is 0 Å². The fourth-order valence-electron chi connectivity index (χ4n) is 1.27. The zero-order chi connectivity index (χ0) is 9.68. The number of nitrogens with zero attached hydrogens (tertiary/aromatic N) is 2. The van der Waals surface area contributed by atoms with E-state index < -0.39 is 0 Å². The molecule has 0 unspecified atom stereocenters. The minimum Gasteiger partial charge on any atom is -0.303 e. The second-order valence-corrected chi connectivity index (χ2v) is 3.34. The van der Waals surface area contributed by atoms with Gasteiger partial charge in [0, 0.05) is 26.2 Å². The monoisotopic (exact) mass is 176 g/mol. The first-order valence-electron chi connectivity index (χ1n) is 4.44. The number of benzene rings is 1. The van der Waals surface area contributed by atoms with Crippen LogP contribution < -0.4 is 0 Å². The maximum absolute atomic E-state index is 4.32. The van der Waals surface area contributed by atoms with E-state index in [0.29, 0.717) is 0 Å². The maximum Gasteiger partial charge on any atom is 0.0393 e. The van der Waals surface area contributed by atoms with Crippen molar-refractivity contribution in [3.05, 3.63) is 35.9 Å². The van der Waals surface area contributed by atoms with E-state index in [9.17, 15) is 0 Å². The van der Waals surface area contributed by atoms with E-state index in [2.05, 4.69) is 29.4 Å². The summed E-state index contributed by atoms with van der Waals surface area (Å²) in [7, 11) is 3.88. The lowest BCUT2D eigenvalue weighted by molar-refractivity contribution is 0.436. The Bertz CT molecular complexity index is 275. The van der Waals surface area contributed by atoms with Gasteiger partial charge in [-0.25, -0.2) is 0 Å². The summed E-state index contributed by atoms with van der Waals surface area (Å²) in [6, 6.07) is 10.4. The van der Waals surface area contributed by atoms with Crippen LogP contribution in [-0.2, 0) is 6.42 Å². The molecule has 0 radical (unpaired) electrons. The van der Waals surface area contributed by atoms with Crippen LogP contribution in [0.4, 0.5) is 0 Å². The second-order valence-electron chi connectivity index (χ2n) is 3.34. The highest BCUT2D eigenvalue weighted by Crippen LogP contribution is 2.00. The Balaban J connectivity index is 2.60. The van der Waals surface area contributed by atoms with E-state index >= 15 is 0 Å². The molecule has 0 amide bonds. The predicted molar refractivity (Wildman–Crippen MR) is 56.9 cm³/mol. The molecular formula is C11H16N2. The van der Waals surface area contributed by atoms with Gasteiger partial charge in [0.15, 0.2) is 0 Å². The minimum atomic E-state index is 0.930. The van der Waals surface area contributed by atoms with Crippen LogP contribution in [0.5, 0.6) is 0 Å². The molecule has 0 atom stereocenters. The van der Waals surface area contributed by atoms with Crippen molar-refractivity contribution in [1.29, 1.82) is 0 Å². The minimum absolute atomic E-state index is 0.930. The van der Waals surface area contributed by atoms with Crippen molar-refractivity contribution in [1.82, 2.24) is 5.01 Å². The first-order valence-corrected chi connectivity index (χ1v) is 4.44. The summed E-state index contributed by atoms with van der Waals surface area (Å²) in [5, 5.41) is 6.15. The van der Waals surface area contributed by atoms with E-state index in [0.717, 1.165) is 12.1 Å². The van der Waals surface area contributed by atoms with E-state index in [4.69, 9.17) is 0 Å². The third kappa shape index (κ3) is 3.74. The Kier molecular flexibility index (Phi) is 3.50. The molecule has 0 saturated carbocycles. The molecule has 0 bridgehead atoms. The van der Waals surface area contributed by atoms with Crippen LogP contribution in [0.15, 0.2) is 35.4 Å². The molecule has 2 nitrogen and oxygen atoms in total. The van der Waals surface area contributed by atoms with Crippen LogP contribution in [0.3, 0.4) is 0 Å². The van der Waals surface area contributed by atoms with Gasteiger partial charge in [-0.3, -0.25) is 0 Å². The van der Waals surface area contributed by atoms with Crippen LogP contribution in [-0.4, -0.2) is 24.8 Å². The predicted octanol–water partition coefficient (Wildman–Crippen LogP) is 2.17. The average molecular weight is 176 g/mol. The van der Waals surface area contributed by atoms with E-state index in [1.54, 1.807) is 0 Å². The Morgan fingerprint density at radius 3 is 2.38 bits per heavy atom. The van der Waals surface area contributed by atoms with Gasteiger partial charge in [-0.05, 0) is 12.5 Å². The summed E-state index contributed by atoms with van der Waals surface area (Å²) in [6.45, 7) is 2.05. The molecule has 1 aromatic rings. The van der Waals surface area contributed by atoms with Crippen molar-refractivity contribution in [2.24, 2.45) is 5.10 Å². The van der Waals surface area contributed by atoms with Gasteiger partial charge in [-0.1, -0.05) is 30.3 Å². The lowest BCUT2D eigenvalue weighted by atomic mass is 10.1. The summed E-state index contributed by atoms with van der Waals surface area (Å²) in [6.07, 6.45) is 0.930. The second kappa shape index (κ2) is 4.65. The first kappa shape index (κ1) is 9.78. The standard InChI is InChI=1S/C11H16N2/c1-10(12-13(2)3)9-11-7-5-4-6-8-11/h4-8H,9H2,1-3H3/b12-10+. The fourth-order valence-corrected chi connectivity index (χ4v) is 1.27. The molecule has 0 aliphatic carbocycles. The zero-order valence-corrected chi connectivity index (χ0v) is 8.49. The molecule has 0 spiro atoms. The Morgan fingerprint density at radius 1 is 1.23 bits per heavy atom. The van der Waals surface area contributed by atoms with Crippen LogP contribution in [0, 0.1) is 0 Å². The average Bonchev–Trinajstić information content (AvgIpc) is 2.04. The smallest absolute Gasteiger partial charge is 0.0393 e. The van der Waals surface area contributed by atoms with Crippen molar-refractivity contribution >= 4 is 5.71 Å². The van der Waals surface area contributed by atoms with Crippen molar-refractivity contribution in [3.63, 3.8) is 0 Å². The SMILES string of the molecule is C/C(Cc1ccccc1)=N\N(C)C. The number of hydrogen-bond acceptors (Lipinski definition) is 2. The normalized spacial score (nSPS) is 11.5. The summed E-state index contributed by atoms with van der Waals surface area (Å²) in [5.74, 6) is 0. The van der Waals surface area contributed by atoms with Gasteiger partial charge in [-0.2, -0.15) is 5.10 Å². The van der Waals surface area contributed by atoms with Crippen LogP contribution in [0.2, 0.25) is 0 Å². The molecule has 0 heterocycles. The molecule has 0 N–H and O–H groups in total. The Morgan fingerprint density at radius 2 is 1.85 bits per heavy atom. The summed E-state index contributed by atoms with van der Waals surface area (Å²) in [5.41, 5.74) is 2.45. The van der Waals surface area contributed by atoms with E-state index in [-0.39, 0.29) is 0 Å². The quantitative estimate of drug-likeness (QED) is 0.509. The van der Waals surface area contributed by atoms with Crippen molar-refractivity contribution in [2.45, 2.75) is 13.3 Å². The lowest BCUT2D eigenvalue weighted by Crippen LogP contribution is -2.08. The summed E-state index contributed by atoms with van der Waals surface area (Å²) in [4.78, 5) is 0. The molecule has 70 valence electrons. The van der Waals surface area contributed by atoms with Gasteiger partial charge < -0.3 is 5.01 Å². The molecule has 0 aliphatic heterocycles. The molecular weight excluding hydrogens is 160 g/mol. The fraction of sp³-hybridized carbons (Fsp3) is 0.364. The molecule has 2 heteroatoms. The third-order valence-corrected chi connectivity index (χ3v) is 1.67. The number of hydrazone groups is 1. The highest BCUT2D eigenvalue weighted by molar-refractivity contribution is 5.83. The highest BCUT2D eigenvalue weighted by Gasteiger charge is 1.94. The lowest BCUT2D eigenvalue weighted by Gasteiger charge is -2.06. The summed E-state index contributed by atoms with van der Waals surface area (Å²) >= 11 is 0. The molecule has 13 heavy (non-hydrogen) atoms. The Hall–Kier alpha value is -1.31. The van der Waals surface area contributed by atoms with Crippen LogP contribution in [0.25, 0.3) is 0 Å². The molecule has 1 rings (SSSR count). The Labute approximate surface area is 79.9 Å². The molecule has 1 aromatic carbocycles. The van der Waals surface area contributed by atoms with Gasteiger partial charge in [0.2, 0.25) is 0 Å². The topological polar surface area (TPSA) is 15.6 Å². The molecule has 0 aromatic heterocycles. The van der Waals surface area contributed by atoms with E-state index in [1.807, 2.05) is 32.1 Å². The van der Waals surface area contributed by atoms with Crippen LogP contribution >= 0.6 is 0 Å².